The Balaban J connectivity index is 1.72. The van der Waals surface area contributed by atoms with Crippen LogP contribution in [0.4, 0.5) is 23.4 Å². The van der Waals surface area contributed by atoms with Crippen LogP contribution >= 0.6 is 0 Å². The fraction of sp³-hybridized carbons (Fsp3) is 0.360. The van der Waals surface area contributed by atoms with Crippen molar-refractivity contribution < 1.29 is 31.9 Å². The van der Waals surface area contributed by atoms with Crippen LogP contribution in [0.3, 0.4) is 0 Å². The Morgan fingerprint density at radius 2 is 2.08 bits per heavy atom. The van der Waals surface area contributed by atoms with Crippen LogP contribution < -0.4 is 11.1 Å². The molecule has 14 heteroatoms. The molecule has 39 heavy (non-hydrogen) atoms. The summed E-state index contributed by atoms with van der Waals surface area (Å²) in [6, 6.07) is 1.20. The van der Waals surface area contributed by atoms with Crippen LogP contribution in [0.1, 0.15) is 41.0 Å². The molecule has 1 fully saturated rings. The van der Waals surface area contributed by atoms with Crippen LogP contribution in [-0.4, -0.2) is 68.6 Å². The number of rotatable bonds is 7. The first kappa shape index (κ1) is 27.6. The summed E-state index contributed by atoms with van der Waals surface area (Å²) < 4.78 is 60.0. The highest BCUT2D eigenvalue weighted by atomic mass is 19.4. The molecule has 0 bridgehead atoms. The molecule has 2 aromatic heterocycles. The molecule has 3 heterocycles. The lowest BCUT2D eigenvalue weighted by Gasteiger charge is -2.23. The van der Waals surface area contributed by atoms with Gasteiger partial charge in [-0.15, -0.1) is 13.2 Å². The summed E-state index contributed by atoms with van der Waals surface area (Å²) in [7, 11) is 1.50. The van der Waals surface area contributed by atoms with Gasteiger partial charge in [0.1, 0.15) is 17.2 Å². The van der Waals surface area contributed by atoms with Crippen LogP contribution in [-0.2, 0) is 16.1 Å². The molecule has 0 saturated carbocycles. The van der Waals surface area contributed by atoms with Crippen molar-refractivity contribution in [3.05, 3.63) is 53.8 Å². The lowest BCUT2D eigenvalue weighted by Crippen LogP contribution is -2.38. The van der Waals surface area contributed by atoms with E-state index in [-0.39, 0.29) is 35.6 Å². The number of alkyl halides is 3. The molecule has 3 N–H and O–H groups in total. The van der Waals surface area contributed by atoms with Gasteiger partial charge in [-0.2, -0.15) is 5.10 Å². The van der Waals surface area contributed by atoms with E-state index in [1.54, 1.807) is 10.9 Å². The average Bonchev–Trinajstić information content (AvgIpc) is 3.59. The molecule has 0 spiro atoms. The number of anilines is 1. The number of nitrogens with zero attached hydrogens (tertiary/aromatic N) is 5. The zero-order valence-electron chi connectivity index (χ0n) is 21.0. The second kappa shape index (κ2) is 10.8. The number of nitrogens with two attached hydrogens (primary N) is 1. The van der Waals surface area contributed by atoms with Crippen LogP contribution in [0.5, 0.6) is 0 Å². The number of likely N-dealkylation sites (tertiary alicyclic amines) is 1. The van der Waals surface area contributed by atoms with Gasteiger partial charge in [0.25, 0.3) is 5.91 Å². The van der Waals surface area contributed by atoms with Crippen LogP contribution in [0, 0.1) is 17.7 Å². The SMILES string of the molecule is C=CC(=O)N1C[C@@H](n2nc(C#Cc3cc4ncn(CC)c4cc3F)c(C(N)=O)c2NC)C[C@@H]1COC(F)(F)F. The monoisotopic (exact) mass is 547 g/mol. The Bertz CT molecular complexity index is 1500. The van der Waals surface area contributed by atoms with E-state index in [1.165, 1.54) is 28.8 Å². The van der Waals surface area contributed by atoms with Crippen molar-refractivity contribution in [2.24, 2.45) is 5.73 Å². The van der Waals surface area contributed by atoms with E-state index in [9.17, 15) is 27.2 Å². The van der Waals surface area contributed by atoms with E-state index in [4.69, 9.17) is 5.73 Å². The van der Waals surface area contributed by atoms with Crippen molar-refractivity contribution in [2.45, 2.75) is 38.3 Å². The second-order valence-corrected chi connectivity index (χ2v) is 8.73. The van der Waals surface area contributed by atoms with Gasteiger partial charge in [0.15, 0.2) is 5.69 Å². The van der Waals surface area contributed by atoms with Gasteiger partial charge in [-0.3, -0.25) is 14.3 Å². The van der Waals surface area contributed by atoms with Crippen molar-refractivity contribution in [3.8, 4) is 11.8 Å². The molecule has 206 valence electrons. The molecule has 1 saturated heterocycles. The number of primary amides is 1. The standard InChI is InChI=1S/C25H25F4N7O3/c1-4-21(37)35-11-15(9-16(35)12-39-25(27,28)29)36-24(31-3)22(23(30)38)18(33-36)7-6-14-8-19-20(10-17(14)26)34(5-2)13-32-19/h4,8,10,13,15-16,31H,1,5,9,11-12H2,2-3H3,(H2,30,38)/t15-,16+/m0/s1. The Hall–Kier alpha value is -4.38. The average molecular weight is 548 g/mol. The third kappa shape index (κ3) is 5.58. The minimum absolute atomic E-state index is 0.0211. The highest BCUT2D eigenvalue weighted by Gasteiger charge is 2.40. The maximum Gasteiger partial charge on any atom is 0.522 e. The third-order valence-electron chi connectivity index (χ3n) is 6.40. The van der Waals surface area contributed by atoms with E-state index >= 15 is 0 Å². The molecular formula is C25H25F4N7O3. The van der Waals surface area contributed by atoms with Gasteiger partial charge in [-0.1, -0.05) is 12.5 Å². The summed E-state index contributed by atoms with van der Waals surface area (Å²) in [6.45, 7) is 5.08. The van der Waals surface area contributed by atoms with E-state index in [0.717, 1.165) is 6.08 Å². The highest BCUT2D eigenvalue weighted by Crippen LogP contribution is 2.33. The molecule has 0 aliphatic carbocycles. The first-order chi connectivity index (χ1) is 18.5. The molecule has 10 nitrogen and oxygen atoms in total. The highest BCUT2D eigenvalue weighted by molar-refractivity contribution is 6.00. The Kier molecular flexibility index (Phi) is 7.64. The first-order valence-corrected chi connectivity index (χ1v) is 11.9. The summed E-state index contributed by atoms with van der Waals surface area (Å²) in [5, 5.41) is 7.21. The molecule has 1 aliphatic rings. The van der Waals surface area contributed by atoms with Crippen LogP contribution in [0.25, 0.3) is 11.0 Å². The summed E-state index contributed by atoms with van der Waals surface area (Å²) in [5.74, 6) is 3.46. The summed E-state index contributed by atoms with van der Waals surface area (Å²) in [6.07, 6.45) is -2.27. The number of carbonyl (C=O) groups excluding carboxylic acids is 2. The van der Waals surface area contributed by atoms with E-state index in [2.05, 4.69) is 38.6 Å². The fourth-order valence-corrected chi connectivity index (χ4v) is 4.62. The number of nitrogens with one attached hydrogen (secondary N) is 1. The number of hydrogen-bond donors (Lipinski definition) is 2. The van der Waals surface area contributed by atoms with Crippen molar-refractivity contribution in [1.82, 2.24) is 24.2 Å². The Morgan fingerprint density at radius 3 is 2.69 bits per heavy atom. The zero-order valence-corrected chi connectivity index (χ0v) is 21.0. The predicted molar refractivity (Wildman–Crippen MR) is 133 cm³/mol. The quantitative estimate of drug-likeness (QED) is 0.267. The molecular weight excluding hydrogens is 522 g/mol. The van der Waals surface area contributed by atoms with Gasteiger partial charge in [-0.25, -0.2) is 14.1 Å². The smallest absolute Gasteiger partial charge is 0.373 e. The second-order valence-electron chi connectivity index (χ2n) is 8.73. The van der Waals surface area contributed by atoms with Gasteiger partial charge >= 0.3 is 6.36 Å². The van der Waals surface area contributed by atoms with Crippen molar-refractivity contribution >= 4 is 28.7 Å². The number of imidazole rings is 1. The number of hydrogen-bond acceptors (Lipinski definition) is 6. The molecule has 3 aromatic rings. The van der Waals surface area contributed by atoms with E-state index in [1.807, 2.05) is 6.92 Å². The van der Waals surface area contributed by atoms with Crippen molar-refractivity contribution in [1.29, 1.82) is 0 Å². The van der Waals surface area contributed by atoms with E-state index in [0.29, 0.717) is 17.6 Å². The number of halogens is 4. The van der Waals surface area contributed by atoms with Crippen molar-refractivity contribution in [2.75, 3.05) is 25.5 Å². The molecule has 0 radical (unpaired) electrons. The number of aromatic nitrogens is 4. The number of amides is 2. The fourth-order valence-electron chi connectivity index (χ4n) is 4.62. The van der Waals surface area contributed by atoms with Crippen LogP contribution in [0.15, 0.2) is 31.1 Å². The van der Waals surface area contributed by atoms with Gasteiger partial charge < -0.3 is 20.5 Å². The maximum atomic E-state index is 14.8. The van der Waals surface area contributed by atoms with Gasteiger partial charge in [0.05, 0.1) is 41.6 Å². The van der Waals surface area contributed by atoms with E-state index < -0.39 is 42.7 Å². The number of fused-ring (bicyclic) bond motifs is 1. The molecule has 0 unspecified atom stereocenters. The zero-order chi connectivity index (χ0) is 28.5. The Morgan fingerprint density at radius 1 is 1.33 bits per heavy atom. The summed E-state index contributed by atoms with van der Waals surface area (Å²) in [5.41, 5.74) is 6.61. The number of benzene rings is 1. The topological polar surface area (TPSA) is 120 Å². The molecule has 4 rings (SSSR count). The number of ether oxygens (including phenoxy) is 1. The predicted octanol–water partition coefficient (Wildman–Crippen LogP) is 2.80. The van der Waals surface area contributed by atoms with Crippen LogP contribution in [0.2, 0.25) is 0 Å². The normalized spacial score (nSPS) is 17.2. The molecule has 1 aliphatic heterocycles. The number of aryl methyl sites for hydroxylation is 1. The maximum absolute atomic E-state index is 14.8. The van der Waals surface area contributed by atoms with Crippen molar-refractivity contribution in [3.63, 3.8) is 0 Å². The minimum atomic E-state index is -4.88. The minimum Gasteiger partial charge on any atom is -0.373 e. The molecule has 2 amide bonds. The lowest BCUT2D eigenvalue weighted by atomic mass is 10.1. The largest absolute Gasteiger partial charge is 0.522 e. The molecule has 1 aromatic carbocycles. The summed E-state index contributed by atoms with van der Waals surface area (Å²) >= 11 is 0. The first-order valence-electron chi connectivity index (χ1n) is 11.9. The Labute approximate surface area is 220 Å². The third-order valence-corrected chi connectivity index (χ3v) is 6.40. The summed E-state index contributed by atoms with van der Waals surface area (Å²) in [4.78, 5) is 30.2. The van der Waals surface area contributed by atoms with Gasteiger partial charge in [0, 0.05) is 26.2 Å². The molecule has 2 atom stereocenters. The van der Waals surface area contributed by atoms with Gasteiger partial charge in [-0.05, 0) is 31.4 Å². The van der Waals surface area contributed by atoms with Gasteiger partial charge in [0.2, 0.25) is 5.91 Å². The lowest BCUT2D eigenvalue weighted by molar-refractivity contribution is -0.327. The number of carbonyl (C=O) groups is 2.